The summed E-state index contributed by atoms with van der Waals surface area (Å²) in [4.78, 5) is 0. The maximum Gasteiger partial charge on any atom is 0.0298 e. The van der Waals surface area contributed by atoms with E-state index in [1.807, 2.05) is 0 Å². The highest BCUT2D eigenvalue weighted by Crippen LogP contribution is 2.23. The fourth-order valence-electron chi connectivity index (χ4n) is 1.82. The Morgan fingerprint density at radius 3 is 2.82 bits per heavy atom. The lowest BCUT2D eigenvalue weighted by Crippen LogP contribution is -2.11. The molecule has 1 nitrogen and oxygen atoms in total. The van der Waals surface area contributed by atoms with Crippen molar-refractivity contribution in [3.05, 3.63) is 56.2 Å². The zero-order valence-corrected chi connectivity index (χ0v) is 12.2. The molecule has 0 spiro atoms. The van der Waals surface area contributed by atoms with Gasteiger partial charge in [-0.15, -0.1) is 0 Å². The second-order valence-corrected chi connectivity index (χ2v) is 5.92. The predicted octanol–water partition coefficient (Wildman–Crippen LogP) is 4.45. The van der Waals surface area contributed by atoms with Gasteiger partial charge in [0.25, 0.3) is 0 Å². The number of hydrogen-bond donors (Lipinski definition) is 1. The van der Waals surface area contributed by atoms with Crippen LogP contribution in [0.1, 0.15) is 29.2 Å². The van der Waals surface area contributed by atoms with E-state index >= 15 is 0 Å². The van der Waals surface area contributed by atoms with Crippen molar-refractivity contribution < 1.29 is 0 Å². The van der Waals surface area contributed by atoms with Crippen LogP contribution in [0.5, 0.6) is 0 Å². The van der Waals surface area contributed by atoms with Crippen LogP contribution in [0.25, 0.3) is 0 Å². The molecule has 0 bridgehead atoms. The van der Waals surface area contributed by atoms with Gasteiger partial charge in [0.2, 0.25) is 0 Å². The van der Waals surface area contributed by atoms with E-state index < -0.39 is 0 Å². The third kappa shape index (κ3) is 3.41. The van der Waals surface area contributed by atoms with Crippen molar-refractivity contribution in [2.24, 2.45) is 5.73 Å². The largest absolute Gasteiger partial charge is 0.324 e. The molecule has 1 heterocycles. The van der Waals surface area contributed by atoms with E-state index in [1.165, 1.54) is 16.7 Å². The van der Waals surface area contributed by atoms with Gasteiger partial charge in [0.05, 0.1) is 0 Å². The molecule has 3 heteroatoms. The fraction of sp³-hybridized carbons (Fsp3) is 0.286. The van der Waals surface area contributed by atoms with Crippen molar-refractivity contribution in [2.45, 2.75) is 25.8 Å². The van der Waals surface area contributed by atoms with Gasteiger partial charge >= 0.3 is 0 Å². The first-order valence-corrected chi connectivity index (χ1v) is 7.43. The Balaban J connectivity index is 1.99. The summed E-state index contributed by atoms with van der Waals surface area (Å²) in [6, 6.07) is 8.65. The van der Waals surface area contributed by atoms with Crippen molar-refractivity contribution in [2.75, 3.05) is 0 Å². The van der Waals surface area contributed by atoms with E-state index in [4.69, 9.17) is 5.73 Å². The molecule has 0 aliphatic carbocycles. The first-order chi connectivity index (χ1) is 8.16. The highest BCUT2D eigenvalue weighted by molar-refractivity contribution is 9.10. The number of benzene rings is 1. The van der Waals surface area contributed by atoms with E-state index in [-0.39, 0.29) is 6.04 Å². The highest BCUT2D eigenvalue weighted by Gasteiger charge is 2.07. The SMILES string of the molecule is Cc1cc(C(N)CCc2ccsc2)ccc1Br. The lowest BCUT2D eigenvalue weighted by molar-refractivity contribution is 0.651. The Bertz CT molecular complexity index is 479. The maximum atomic E-state index is 6.22. The molecule has 1 unspecified atom stereocenters. The van der Waals surface area contributed by atoms with Gasteiger partial charge in [-0.25, -0.2) is 0 Å². The lowest BCUT2D eigenvalue weighted by Gasteiger charge is -2.12. The minimum atomic E-state index is 0.127. The third-order valence-electron chi connectivity index (χ3n) is 2.93. The van der Waals surface area contributed by atoms with Crippen molar-refractivity contribution >= 4 is 27.3 Å². The second-order valence-electron chi connectivity index (χ2n) is 4.29. The Morgan fingerprint density at radius 1 is 1.35 bits per heavy atom. The second kappa shape index (κ2) is 5.80. The molecule has 0 amide bonds. The predicted molar refractivity (Wildman–Crippen MR) is 78.4 cm³/mol. The molecule has 1 atom stereocenters. The van der Waals surface area contributed by atoms with Gasteiger partial charge in [0.1, 0.15) is 0 Å². The van der Waals surface area contributed by atoms with Crippen LogP contribution in [-0.2, 0) is 6.42 Å². The molecule has 0 aliphatic heterocycles. The number of nitrogens with two attached hydrogens (primary N) is 1. The standard InChI is InChI=1S/C14H16BrNS/c1-10-8-12(3-4-13(10)15)14(16)5-2-11-6-7-17-9-11/h3-4,6-9,14H,2,5,16H2,1H3. The van der Waals surface area contributed by atoms with Crippen LogP contribution in [0.3, 0.4) is 0 Å². The number of halogens is 1. The smallest absolute Gasteiger partial charge is 0.0298 e. The molecule has 1 aromatic carbocycles. The van der Waals surface area contributed by atoms with Gasteiger partial charge in [0.15, 0.2) is 0 Å². The summed E-state index contributed by atoms with van der Waals surface area (Å²) in [7, 11) is 0. The summed E-state index contributed by atoms with van der Waals surface area (Å²) in [6.45, 7) is 2.10. The average molecular weight is 310 g/mol. The van der Waals surface area contributed by atoms with Crippen LogP contribution >= 0.6 is 27.3 Å². The minimum absolute atomic E-state index is 0.127. The Hall–Kier alpha value is -0.640. The molecule has 0 saturated carbocycles. The van der Waals surface area contributed by atoms with E-state index in [1.54, 1.807) is 11.3 Å². The monoisotopic (exact) mass is 309 g/mol. The first kappa shape index (κ1) is 12.8. The molecule has 2 aromatic rings. The molecule has 1 aromatic heterocycles. The van der Waals surface area contributed by atoms with E-state index in [2.05, 4.69) is 57.9 Å². The van der Waals surface area contributed by atoms with Crippen LogP contribution in [0.4, 0.5) is 0 Å². The fourth-order valence-corrected chi connectivity index (χ4v) is 2.77. The molecule has 0 radical (unpaired) electrons. The first-order valence-electron chi connectivity index (χ1n) is 5.69. The van der Waals surface area contributed by atoms with E-state index in [0.717, 1.165) is 17.3 Å². The normalized spacial score (nSPS) is 12.6. The summed E-state index contributed by atoms with van der Waals surface area (Å²) in [5.41, 5.74) is 10.1. The molecule has 0 fully saturated rings. The summed E-state index contributed by atoms with van der Waals surface area (Å²) < 4.78 is 1.14. The molecular formula is C14H16BrNS. The van der Waals surface area contributed by atoms with Crippen LogP contribution in [0, 0.1) is 6.92 Å². The molecule has 0 aliphatic rings. The quantitative estimate of drug-likeness (QED) is 0.887. The molecule has 17 heavy (non-hydrogen) atoms. The topological polar surface area (TPSA) is 26.0 Å². The molecule has 2 N–H and O–H groups in total. The summed E-state index contributed by atoms with van der Waals surface area (Å²) >= 11 is 5.25. The summed E-state index contributed by atoms with van der Waals surface area (Å²) in [6.07, 6.45) is 2.05. The minimum Gasteiger partial charge on any atom is -0.324 e. The van der Waals surface area contributed by atoms with E-state index in [0.29, 0.717) is 0 Å². The molecular weight excluding hydrogens is 294 g/mol. The maximum absolute atomic E-state index is 6.22. The van der Waals surface area contributed by atoms with Crippen molar-refractivity contribution in [3.8, 4) is 0 Å². The van der Waals surface area contributed by atoms with Gasteiger partial charge in [-0.3, -0.25) is 0 Å². The third-order valence-corrected chi connectivity index (χ3v) is 4.56. The lowest BCUT2D eigenvalue weighted by atomic mass is 9.99. The van der Waals surface area contributed by atoms with Gasteiger partial charge in [-0.05, 0) is 59.3 Å². The van der Waals surface area contributed by atoms with Crippen LogP contribution in [0.2, 0.25) is 0 Å². The van der Waals surface area contributed by atoms with Crippen molar-refractivity contribution in [3.63, 3.8) is 0 Å². The Kier molecular flexibility index (Phi) is 4.37. The summed E-state index contributed by atoms with van der Waals surface area (Å²) in [5.74, 6) is 0. The van der Waals surface area contributed by atoms with Gasteiger partial charge in [-0.2, -0.15) is 11.3 Å². The van der Waals surface area contributed by atoms with Crippen LogP contribution in [0.15, 0.2) is 39.5 Å². The Labute approximate surface area is 115 Å². The number of rotatable bonds is 4. The van der Waals surface area contributed by atoms with Gasteiger partial charge in [-0.1, -0.05) is 28.1 Å². The van der Waals surface area contributed by atoms with Gasteiger partial charge in [0, 0.05) is 10.5 Å². The summed E-state index contributed by atoms with van der Waals surface area (Å²) in [5, 5.41) is 4.31. The van der Waals surface area contributed by atoms with Gasteiger partial charge < -0.3 is 5.73 Å². The zero-order valence-electron chi connectivity index (χ0n) is 9.82. The van der Waals surface area contributed by atoms with E-state index in [9.17, 15) is 0 Å². The van der Waals surface area contributed by atoms with Crippen LogP contribution in [-0.4, -0.2) is 0 Å². The highest BCUT2D eigenvalue weighted by atomic mass is 79.9. The molecule has 2 rings (SSSR count). The average Bonchev–Trinajstić information content (AvgIpc) is 2.82. The molecule has 90 valence electrons. The Morgan fingerprint density at radius 2 is 2.18 bits per heavy atom. The number of hydrogen-bond acceptors (Lipinski definition) is 2. The van der Waals surface area contributed by atoms with Crippen molar-refractivity contribution in [1.29, 1.82) is 0 Å². The van der Waals surface area contributed by atoms with Crippen molar-refractivity contribution in [1.82, 2.24) is 0 Å². The zero-order chi connectivity index (χ0) is 12.3. The molecule has 0 saturated heterocycles. The number of aryl methyl sites for hydroxylation is 2. The number of thiophene rings is 1. The van der Waals surface area contributed by atoms with Crippen LogP contribution < -0.4 is 5.73 Å².